The van der Waals surface area contributed by atoms with Crippen molar-refractivity contribution in [2.24, 2.45) is 0 Å². The summed E-state index contributed by atoms with van der Waals surface area (Å²) < 4.78 is 133. The number of nitrogens with zero attached hydrogens (tertiary/aromatic N) is 5. The zero-order valence-electron chi connectivity index (χ0n) is 61.2. The summed E-state index contributed by atoms with van der Waals surface area (Å²) in [6, 6.07) is 49.7. The van der Waals surface area contributed by atoms with Gasteiger partial charge in [0.15, 0.2) is 0 Å². The molecule has 6 nitrogen and oxygen atoms in total. The molecule has 0 aliphatic rings. The van der Waals surface area contributed by atoms with Gasteiger partial charge in [0.05, 0.1) is 45.6 Å². The molecule has 0 saturated carbocycles. The van der Waals surface area contributed by atoms with Crippen LogP contribution in [-0.4, -0.2) is 18.7 Å². The molecule has 0 atom stereocenters. The maximum Gasteiger partial charge on any atom is 0.268 e. The summed E-state index contributed by atoms with van der Waals surface area (Å²) in [7, 11) is 0. The molecule has 0 aliphatic heterocycles. The van der Waals surface area contributed by atoms with E-state index in [1.807, 2.05) is 111 Å². The van der Waals surface area contributed by atoms with Crippen molar-refractivity contribution in [1.82, 2.24) is 18.7 Å². The molecular formula is C78H65N5OPt-2. The molecule has 7 heteroatoms. The Morgan fingerprint density at radius 1 is 0.518 bits per heavy atom. The van der Waals surface area contributed by atoms with Gasteiger partial charge in [0.2, 0.25) is 0 Å². The van der Waals surface area contributed by atoms with Crippen molar-refractivity contribution < 1.29 is 48.2 Å². The van der Waals surface area contributed by atoms with Gasteiger partial charge in [-0.3, -0.25) is 4.57 Å². The van der Waals surface area contributed by atoms with Gasteiger partial charge < -0.3 is 18.4 Å². The number of ether oxygens (including phenoxy) is 1. The average molecular weight is 1300 g/mol. The first-order valence-electron chi connectivity index (χ1n) is 34.6. The summed E-state index contributed by atoms with van der Waals surface area (Å²) in [5.74, 6) is 0.823. The van der Waals surface area contributed by atoms with E-state index in [1.54, 1.807) is 30.5 Å². The quantitative estimate of drug-likeness (QED) is 0.0956. The predicted molar refractivity (Wildman–Crippen MR) is 346 cm³/mol. The summed E-state index contributed by atoms with van der Waals surface area (Å²) >= 11 is 0. The SMILES string of the molecule is [2H]c1c([2H])c([2H])c(-c2cccc(-c3cc(C(C)(C)C)cc(C(C)(C)C)c3)c2-[n+]2[c-]n(-c3[c-]c(Oc4[c-]c5c(c(-n6c7c([2H])c([2H])c([2H])c([2H])c7c7c([2H])c([2H])c([2H])c([2H])c76)c4)c4ccccc4n5-c4cc(CC(C)(C)c5ccccc5)ccn4)ccc3)c3ccccc32)c([2H])c1[2H].[Pt]. The Morgan fingerprint density at radius 3 is 1.85 bits per heavy atom. The third-order valence-corrected chi connectivity index (χ3v) is 15.9. The largest absolute Gasteiger partial charge is 0.510 e. The van der Waals surface area contributed by atoms with Crippen LogP contribution in [0.1, 0.15) is 95.5 Å². The number of hydrogen-bond donors (Lipinski definition) is 0. The van der Waals surface area contributed by atoms with Crippen LogP contribution < -0.4 is 9.30 Å². The molecule has 420 valence electrons. The molecule has 0 N–H and O–H groups in total. The van der Waals surface area contributed by atoms with Gasteiger partial charge in [-0.05, 0) is 114 Å². The van der Waals surface area contributed by atoms with Gasteiger partial charge in [-0.2, -0.15) is 12.1 Å². The molecule has 0 aliphatic carbocycles. The number of rotatable bonds is 11. The zero-order valence-corrected chi connectivity index (χ0v) is 50.5. The minimum absolute atomic E-state index is 0. The first kappa shape index (κ1) is 41.8. The molecule has 0 amide bonds. The summed E-state index contributed by atoms with van der Waals surface area (Å²) in [6.07, 6.45) is 6.06. The van der Waals surface area contributed by atoms with E-state index in [2.05, 4.69) is 104 Å². The first-order chi connectivity index (χ1) is 46.0. The molecule has 14 rings (SSSR count). The molecule has 0 spiro atoms. The molecule has 0 radical (unpaired) electrons. The average Bonchev–Trinajstić information content (AvgIpc) is 1.53. The van der Waals surface area contributed by atoms with Crippen molar-refractivity contribution in [3.63, 3.8) is 0 Å². The van der Waals surface area contributed by atoms with Crippen LogP contribution in [0, 0.1) is 18.5 Å². The van der Waals surface area contributed by atoms with E-state index in [4.69, 9.17) is 19.3 Å². The maximum absolute atomic E-state index is 9.60. The third-order valence-electron chi connectivity index (χ3n) is 15.9. The Bertz CT molecular complexity index is 5510. The van der Waals surface area contributed by atoms with E-state index in [9.17, 15) is 8.22 Å². The van der Waals surface area contributed by atoms with E-state index >= 15 is 0 Å². The second-order valence-electron chi connectivity index (χ2n) is 24.1. The molecular weight excluding hydrogens is 1220 g/mol. The van der Waals surface area contributed by atoms with Crippen LogP contribution in [-0.2, 0) is 43.7 Å². The van der Waals surface area contributed by atoms with Gasteiger partial charge in [0, 0.05) is 55.1 Å². The fourth-order valence-corrected chi connectivity index (χ4v) is 11.7. The molecule has 14 aromatic rings. The normalized spacial score (nSPS) is 14.3. The zero-order chi connectivity index (χ0) is 68.8. The van der Waals surface area contributed by atoms with E-state index < -0.39 is 66.5 Å². The minimum Gasteiger partial charge on any atom is -0.510 e. The fourth-order valence-electron chi connectivity index (χ4n) is 11.7. The topological polar surface area (TPSA) is 40.8 Å². The Labute approximate surface area is 530 Å². The number of pyridine rings is 1. The second-order valence-corrected chi connectivity index (χ2v) is 24.1. The van der Waals surface area contributed by atoms with Crippen LogP contribution in [0.5, 0.6) is 11.5 Å². The number of para-hydroxylation sites is 6. The number of benzene rings is 10. The Morgan fingerprint density at radius 2 is 1.14 bits per heavy atom. The molecule has 85 heavy (non-hydrogen) atoms. The maximum atomic E-state index is 9.60. The minimum atomic E-state index is -0.564. The van der Waals surface area contributed by atoms with E-state index in [0.717, 1.165) is 33.4 Å². The van der Waals surface area contributed by atoms with Crippen LogP contribution in [0.2, 0.25) is 0 Å². The van der Waals surface area contributed by atoms with Crippen LogP contribution in [0.4, 0.5) is 0 Å². The molecule has 0 saturated heterocycles. The molecule has 10 aromatic carbocycles. The Balaban J connectivity index is 0.00000864. The van der Waals surface area contributed by atoms with Gasteiger partial charge >= 0.3 is 0 Å². The van der Waals surface area contributed by atoms with Crippen molar-refractivity contribution >= 4 is 54.6 Å². The van der Waals surface area contributed by atoms with Gasteiger partial charge in [-0.15, -0.1) is 24.3 Å². The fraction of sp³-hybridized carbons (Fsp3) is 0.154. The van der Waals surface area contributed by atoms with Gasteiger partial charge in [0.1, 0.15) is 5.82 Å². The number of hydrogen-bond acceptors (Lipinski definition) is 2. The van der Waals surface area contributed by atoms with Crippen molar-refractivity contribution in [3.05, 3.63) is 277 Å². The number of aromatic nitrogens is 5. The Kier molecular flexibility index (Phi) is 10.6. The van der Waals surface area contributed by atoms with Gasteiger partial charge in [0.25, 0.3) is 6.33 Å². The predicted octanol–water partition coefficient (Wildman–Crippen LogP) is 19.1. The second kappa shape index (κ2) is 21.5. The summed E-state index contributed by atoms with van der Waals surface area (Å²) in [5.41, 5.74) is 8.99. The smallest absolute Gasteiger partial charge is 0.268 e. The van der Waals surface area contributed by atoms with Crippen molar-refractivity contribution in [2.75, 3.05) is 0 Å². The number of imidazole rings is 1. The molecule has 4 aromatic heterocycles. The van der Waals surface area contributed by atoms with Gasteiger partial charge in [-0.25, -0.2) is 4.98 Å². The molecule has 0 unspecified atom stereocenters. The Hall–Kier alpha value is -9.09. The van der Waals surface area contributed by atoms with E-state index in [-0.39, 0.29) is 94.0 Å². The van der Waals surface area contributed by atoms with Crippen molar-refractivity contribution in [3.8, 4) is 56.6 Å². The monoisotopic (exact) mass is 1300 g/mol. The van der Waals surface area contributed by atoms with Gasteiger partial charge in [-0.1, -0.05) is 242 Å². The third kappa shape index (κ3) is 9.96. The summed E-state index contributed by atoms with van der Waals surface area (Å²) in [5, 5.41) is 1.02. The summed E-state index contributed by atoms with van der Waals surface area (Å²) in [4.78, 5) is 5.01. The van der Waals surface area contributed by atoms with Crippen LogP contribution in [0.15, 0.2) is 236 Å². The first-order valence-corrected chi connectivity index (χ1v) is 28.1. The van der Waals surface area contributed by atoms with Crippen LogP contribution >= 0.6 is 0 Å². The van der Waals surface area contributed by atoms with Crippen LogP contribution in [0.3, 0.4) is 0 Å². The van der Waals surface area contributed by atoms with E-state index in [1.165, 1.54) is 4.57 Å². The standard InChI is InChI=1S/C78H65N5O.Pt/c1-76(2,3)56-44-54(45-57(46-56)77(4,5)6)62-35-24-34-61(53-25-11-9-12-26-53)75(62)81-51-80(69-39-21-22-40-70(69)81)58-29-23-30-59(47-58)84-60-48-71(82-66-36-18-15-31-63(66)64-32-16-19-37-67(64)82)74-65-33-17-20-38-68(65)83(72(74)49-60)73-43-52(41-42-79-73)50-78(7,8)55-27-13-10-14-28-55;/h9-46,48H,50H2,1-8H3;/q-2;/i9D,11D,12D,15D,16D,18D,19D,25D,26D,31D,32D,36D,37D;. The number of fused-ring (bicyclic) bond motifs is 7. The molecule has 0 fully saturated rings. The van der Waals surface area contributed by atoms with Crippen LogP contribution in [0.25, 0.3) is 99.8 Å². The molecule has 4 heterocycles. The van der Waals surface area contributed by atoms with Crippen molar-refractivity contribution in [2.45, 2.75) is 78.1 Å². The van der Waals surface area contributed by atoms with Crippen molar-refractivity contribution in [1.29, 1.82) is 0 Å². The van der Waals surface area contributed by atoms with E-state index in [0.29, 0.717) is 62.0 Å². The summed E-state index contributed by atoms with van der Waals surface area (Å²) in [6.45, 7) is 17.4. The molecule has 0 bridgehead atoms.